The molecule has 0 heterocycles. The van der Waals surface area contributed by atoms with Gasteiger partial charge in [0.15, 0.2) is 0 Å². The van der Waals surface area contributed by atoms with Crippen molar-refractivity contribution in [1.29, 1.82) is 0 Å². The molecule has 0 radical (unpaired) electrons. The van der Waals surface area contributed by atoms with Crippen molar-refractivity contribution in [2.24, 2.45) is 5.92 Å². The molecule has 2 rings (SSSR count). The second-order valence-electron chi connectivity index (χ2n) is 4.41. The van der Waals surface area contributed by atoms with Gasteiger partial charge in [0.05, 0.1) is 0 Å². The third-order valence-corrected chi connectivity index (χ3v) is 2.78. The van der Waals surface area contributed by atoms with E-state index < -0.39 is 5.97 Å². The fourth-order valence-electron chi connectivity index (χ4n) is 1.65. The quantitative estimate of drug-likeness (QED) is 0.777. The van der Waals surface area contributed by atoms with E-state index in [1.807, 2.05) is 24.3 Å². The molecule has 1 aliphatic carbocycles. The van der Waals surface area contributed by atoms with Crippen molar-refractivity contribution in [3.8, 4) is 0 Å². The van der Waals surface area contributed by atoms with Crippen LogP contribution in [0, 0.1) is 5.92 Å². The van der Waals surface area contributed by atoms with Gasteiger partial charge in [-0.1, -0.05) is 18.2 Å². The summed E-state index contributed by atoms with van der Waals surface area (Å²) in [4.78, 5) is 21.9. The van der Waals surface area contributed by atoms with Crippen molar-refractivity contribution in [2.45, 2.75) is 19.4 Å². The molecule has 1 saturated carbocycles. The summed E-state index contributed by atoms with van der Waals surface area (Å²) in [5.41, 5.74) is 1.78. The van der Waals surface area contributed by atoms with Crippen LogP contribution in [0.3, 0.4) is 0 Å². The SMILES string of the molecule is O=C(O)/C=C/c1cccc(CNC(=O)C2CC2)c1. The van der Waals surface area contributed by atoms with Crippen LogP contribution in [0.1, 0.15) is 24.0 Å². The number of aliphatic carboxylic acids is 1. The Morgan fingerprint density at radius 2 is 2.17 bits per heavy atom. The van der Waals surface area contributed by atoms with Gasteiger partial charge in [-0.25, -0.2) is 4.79 Å². The van der Waals surface area contributed by atoms with Gasteiger partial charge in [-0.3, -0.25) is 4.79 Å². The summed E-state index contributed by atoms with van der Waals surface area (Å²) in [7, 11) is 0. The average molecular weight is 245 g/mol. The van der Waals surface area contributed by atoms with Crippen molar-refractivity contribution in [3.63, 3.8) is 0 Å². The number of carboxylic acid groups (broad SMARTS) is 1. The van der Waals surface area contributed by atoms with Crippen LogP contribution in [0.2, 0.25) is 0 Å². The molecule has 0 aliphatic heterocycles. The van der Waals surface area contributed by atoms with Gasteiger partial charge in [0, 0.05) is 18.5 Å². The standard InChI is InChI=1S/C14H15NO3/c16-13(17)7-4-10-2-1-3-11(8-10)9-15-14(18)12-5-6-12/h1-4,7-8,12H,5-6,9H2,(H,15,18)(H,16,17)/b7-4+. The van der Waals surface area contributed by atoms with Crippen molar-refractivity contribution in [1.82, 2.24) is 5.32 Å². The van der Waals surface area contributed by atoms with Crippen molar-refractivity contribution < 1.29 is 14.7 Å². The van der Waals surface area contributed by atoms with E-state index in [1.165, 1.54) is 6.08 Å². The monoisotopic (exact) mass is 245 g/mol. The maximum absolute atomic E-state index is 11.5. The van der Waals surface area contributed by atoms with E-state index in [2.05, 4.69) is 5.32 Å². The molecule has 1 aromatic carbocycles. The summed E-state index contributed by atoms with van der Waals surface area (Å²) >= 11 is 0. The number of carboxylic acids is 1. The van der Waals surface area contributed by atoms with Crippen LogP contribution >= 0.6 is 0 Å². The smallest absolute Gasteiger partial charge is 0.328 e. The van der Waals surface area contributed by atoms with E-state index in [0.717, 1.165) is 30.0 Å². The molecule has 1 aliphatic rings. The van der Waals surface area contributed by atoms with Gasteiger partial charge in [0.2, 0.25) is 5.91 Å². The van der Waals surface area contributed by atoms with Gasteiger partial charge < -0.3 is 10.4 Å². The first-order valence-electron chi connectivity index (χ1n) is 5.93. The maximum Gasteiger partial charge on any atom is 0.328 e. The molecule has 1 fully saturated rings. The minimum atomic E-state index is -0.970. The van der Waals surface area contributed by atoms with Gasteiger partial charge in [-0.05, 0) is 36.1 Å². The third-order valence-electron chi connectivity index (χ3n) is 2.78. The summed E-state index contributed by atoms with van der Waals surface area (Å²) in [6, 6.07) is 7.45. The Balaban J connectivity index is 1.93. The van der Waals surface area contributed by atoms with Crippen LogP contribution < -0.4 is 5.32 Å². The lowest BCUT2D eigenvalue weighted by Gasteiger charge is -2.05. The molecule has 0 spiro atoms. The van der Waals surface area contributed by atoms with E-state index in [9.17, 15) is 9.59 Å². The number of carbonyl (C=O) groups is 2. The summed E-state index contributed by atoms with van der Waals surface area (Å²) in [6.07, 6.45) is 4.62. The Hall–Kier alpha value is -2.10. The lowest BCUT2D eigenvalue weighted by atomic mass is 10.1. The zero-order valence-corrected chi connectivity index (χ0v) is 9.93. The normalized spacial score (nSPS) is 14.7. The molecule has 0 bridgehead atoms. The minimum absolute atomic E-state index is 0.112. The van der Waals surface area contributed by atoms with Crippen LogP contribution in [0.5, 0.6) is 0 Å². The van der Waals surface area contributed by atoms with Gasteiger partial charge >= 0.3 is 5.97 Å². The van der Waals surface area contributed by atoms with Gasteiger partial charge in [0.25, 0.3) is 0 Å². The molecule has 1 amide bonds. The molecule has 4 heteroatoms. The fraction of sp³-hybridized carbons (Fsp3) is 0.286. The van der Waals surface area contributed by atoms with Crippen LogP contribution in [0.4, 0.5) is 0 Å². The highest BCUT2D eigenvalue weighted by molar-refractivity contribution is 5.85. The number of benzene rings is 1. The predicted molar refractivity (Wildman–Crippen MR) is 67.7 cm³/mol. The Labute approximate surface area is 105 Å². The highest BCUT2D eigenvalue weighted by Gasteiger charge is 2.29. The molecule has 4 nitrogen and oxygen atoms in total. The van der Waals surface area contributed by atoms with Crippen molar-refractivity contribution in [3.05, 3.63) is 41.5 Å². The summed E-state index contributed by atoms with van der Waals surface area (Å²) < 4.78 is 0. The number of hydrogen-bond donors (Lipinski definition) is 2. The second-order valence-corrected chi connectivity index (χ2v) is 4.41. The van der Waals surface area contributed by atoms with E-state index in [-0.39, 0.29) is 11.8 Å². The Morgan fingerprint density at radius 1 is 1.39 bits per heavy atom. The molecule has 0 unspecified atom stereocenters. The zero-order valence-electron chi connectivity index (χ0n) is 9.93. The van der Waals surface area contributed by atoms with Gasteiger partial charge in [-0.15, -0.1) is 0 Å². The number of carbonyl (C=O) groups excluding carboxylic acids is 1. The minimum Gasteiger partial charge on any atom is -0.478 e. The van der Waals surface area contributed by atoms with E-state index in [4.69, 9.17) is 5.11 Å². The molecule has 0 saturated heterocycles. The Kier molecular flexibility index (Phi) is 3.77. The van der Waals surface area contributed by atoms with Crippen LogP contribution in [0.25, 0.3) is 6.08 Å². The molecule has 18 heavy (non-hydrogen) atoms. The molecular weight excluding hydrogens is 230 g/mol. The lowest BCUT2D eigenvalue weighted by molar-refractivity contribution is -0.131. The van der Waals surface area contributed by atoms with Gasteiger partial charge in [0.1, 0.15) is 0 Å². The number of amides is 1. The Bertz CT molecular complexity index is 490. The topological polar surface area (TPSA) is 66.4 Å². The first-order valence-corrected chi connectivity index (χ1v) is 5.93. The highest BCUT2D eigenvalue weighted by Crippen LogP contribution is 2.28. The highest BCUT2D eigenvalue weighted by atomic mass is 16.4. The predicted octanol–water partition coefficient (Wildman–Crippen LogP) is 1.81. The van der Waals surface area contributed by atoms with E-state index in [1.54, 1.807) is 0 Å². The molecule has 1 aromatic rings. The average Bonchev–Trinajstić information content (AvgIpc) is 3.18. The third kappa shape index (κ3) is 3.73. The zero-order chi connectivity index (χ0) is 13.0. The summed E-state index contributed by atoms with van der Waals surface area (Å²) in [5, 5.41) is 11.4. The molecule has 94 valence electrons. The molecule has 2 N–H and O–H groups in total. The van der Waals surface area contributed by atoms with E-state index in [0.29, 0.717) is 6.54 Å². The summed E-state index contributed by atoms with van der Waals surface area (Å²) in [6.45, 7) is 0.490. The number of hydrogen-bond acceptors (Lipinski definition) is 2. The molecule has 0 atom stereocenters. The van der Waals surface area contributed by atoms with Gasteiger partial charge in [-0.2, -0.15) is 0 Å². The number of nitrogens with one attached hydrogen (secondary N) is 1. The van der Waals surface area contributed by atoms with E-state index >= 15 is 0 Å². The van der Waals surface area contributed by atoms with Crippen molar-refractivity contribution >= 4 is 18.0 Å². The first-order chi connectivity index (χ1) is 8.65. The number of rotatable bonds is 5. The Morgan fingerprint density at radius 3 is 2.83 bits per heavy atom. The van der Waals surface area contributed by atoms with Crippen LogP contribution in [-0.2, 0) is 16.1 Å². The molecular formula is C14H15NO3. The first kappa shape index (κ1) is 12.4. The lowest BCUT2D eigenvalue weighted by Crippen LogP contribution is -2.24. The molecule has 0 aromatic heterocycles. The van der Waals surface area contributed by atoms with Crippen LogP contribution in [-0.4, -0.2) is 17.0 Å². The van der Waals surface area contributed by atoms with Crippen molar-refractivity contribution in [2.75, 3.05) is 0 Å². The largest absolute Gasteiger partial charge is 0.478 e. The maximum atomic E-state index is 11.5. The fourth-order valence-corrected chi connectivity index (χ4v) is 1.65. The van der Waals surface area contributed by atoms with Crippen LogP contribution in [0.15, 0.2) is 30.3 Å². The summed E-state index contributed by atoms with van der Waals surface area (Å²) in [5.74, 6) is -0.649. The second kappa shape index (κ2) is 5.49.